The molecule has 1 aliphatic carbocycles. The van der Waals surface area contributed by atoms with E-state index in [1.807, 2.05) is 24.3 Å². The highest BCUT2D eigenvalue weighted by molar-refractivity contribution is 5.48. The van der Waals surface area contributed by atoms with Crippen LogP contribution in [0.5, 0.6) is 0 Å². The zero-order valence-corrected chi connectivity index (χ0v) is 9.52. The highest BCUT2D eigenvalue weighted by Crippen LogP contribution is 2.17. The molecule has 0 unspecified atom stereocenters. The van der Waals surface area contributed by atoms with Gasteiger partial charge in [-0.2, -0.15) is 0 Å². The van der Waals surface area contributed by atoms with Crippen LogP contribution in [0, 0.1) is 0 Å². The van der Waals surface area contributed by atoms with Gasteiger partial charge in [0.15, 0.2) is 0 Å². The molecule has 0 heterocycles. The molecule has 0 radical (unpaired) electrons. The van der Waals surface area contributed by atoms with Crippen molar-refractivity contribution in [3.63, 3.8) is 0 Å². The molecular weight excluding hydrogens is 196 g/mol. The molecule has 0 saturated heterocycles. The first-order valence-corrected chi connectivity index (χ1v) is 5.53. The van der Waals surface area contributed by atoms with Gasteiger partial charge in [0.05, 0.1) is 13.2 Å². The maximum absolute atomic E-state index is 5.53. The van der Waals surface area contributed by atoms with Gasteiger partial charge in [0, 0.05) is 0 Å². The zero-order valence-electron chi connectivity index (χ0n) is 9.52. The minimum atomic E-state index is 0.666. The van der Waals surface area contributed by atoms with Gasteiger partial charge < -0.3 is 4.74 Å². The summed E-state index contributed by atoms with van der Waals surface area (Å²) in [5.74, 6) is 0. The van der Waals surface area contributed by atoms with Crippen LogP contribution in [0.15, 0.2) is 59.7 Å². The minimum Gasteiger partial charge on any atom is -0.373 e. The van der Waals surface area contributed by atoms with E-state index in [2.05, 4.69) is 37.3 Å². The van der Waals surface area contributed by atoms with Crippen LogP contribution in [0.25, 0.3) is 6.08 Å². The SMILES string of the molecule is CC1=C(COC/C=C/c2ccccc2)C=C1. The van der Waals surface area contributed by atoms with Crippen molar-refractivity contribution < 1.29 is 4.74 Å². The maximum Gasteiger partial charge on any atom is 0.0723 e. The van der Waals surface area contributed by atoms with Gasteiger partial charge in [0.2, 0.25) is 0 Å². The van der Waals surface area contributed by atoms with E-state index in [1.165, 1.54) is 16.7 Å². The van der Waals surface area contributed by atoms with Crippen molar-refractivity contribution in [2.45, 2.75) is 6.92 Å². The van der Waals surface area contributed by atoms with Gasteiger partial charge in [-0.25, -0.2) is 0 Å². The first-order chi connectivity index (χ1) is 7.86. The average molecular weight is 212 g/mol. The van der Waals surface area contributed by atoms with E-state index >= 15 is 0 Å². The third-order valence-corrected chi connectivity index (χ3v) is 2.62. The molecule has 0 amide bonds. The van der Waals surface area contributed by atoms with Crippen LogP contribution in [0.1, 0.15) is 12.5 Å². The highest BCUT2D eigenvalue weighted by Gasteiger charge is 2.03. The van der Waals surface area contributed by atoms with Crippen LogP contribution in [0.2, 0.25) is 0 Å². The summed E-state index contributed by atoms with van der Waals surface area (Å²) in [6.45, 7) is 3.50. The molecule has 0 atom stereocenters. The summed E-state index contributed by atoms with van der Waals surface area (Å²) < 4.78 is 5.53. The van der Waals surface area contributed by atoms with E-state index in [4.69, 9.17) is 4.74 Å². The summed E-state index contributed by atoms with van der Waals surface area (Å²) in [5, 5.41) is 0. The van der Waals surface area contributed by atoms with E-state index in [0.717, 1.165) is 6.61 Å². The van der Waals surface area contributed by atoms with Crippen LogP contribution in [0.3, 0.4) is 0 Å². The third-order valence-electron chi connectivity index (χ3n) is 2.62. The molecule has 0 fully saturated rings. The quantitative estimate of drug-likeness (QED) is 0.677. The highest BCUT2D eigenvalue weighted by atomic mass is 16.5. The summed E-state index contributed by atoms with van der Waals surface area (Å²) in [6.07, 6.45) is 8.35. The number of benzene rings is 1. The Hall–Kier alpha value is -1.60. The van der Waals surface area contributed by atoms with E-state index in [9.17, 15) is 0 Å². The monoisotopic (exact) mass is 212 g/mol. The summed E-state index contributed by atoms with van der Waals surface area (Å²) in [7, 11) is 0. The van der Waals surface area contributed by atoms with Crippen molar-refractivity contribution in [3.05, 3.63) is 65.3 Å². The lowest BCUT2D eigenvalue weighted by Gasteiger charge is -2.12. The molecule has 1 nitrogen and oxygen atoms in total. The first kappa shape index (κ1) is 10.9. The Labute approximate surface area is 96.8 Å². The van der Waals surface area contributed by atoms with E-state index < -0.39 is 0 Å². The Kier molecular flexibility index (Phi) is 3.73. The molecule has 1 aromatic carbocycles. The molecule has 0 spiro atoms. The summed E-state index contributed by atoms with van der Waals surface area (Å²) in [6, 6.07) is 10.3. The van der Waals surface area contributed by atoms with Gasteiger partial charge in [-0.15, -0.1) is 0 Å². The summed E-state index contributed by atoms with van der Waals surface area (Å²) in [4.78, 5) is 0. The largest absolute Gasteiger partial charge is 0.373 e. The number of allylic oxidation sites excluding steroid dienone is 2. The Morgan fingerprint density at radius 1 is 1.12 bits per heavy atom. The van der Waals surface area contributed by atoms with Crippen LogP contribution in [-0.2, 0) is 4.74 Å². The molecule has 0 aliphatic heterocycles. The number of hydrogen-bond donors (Lipinski definition) is 0. The van der Waals surface area contributed by atoms with Crippen LogP contribution >= 0.6 is 0 Å². The van der Waals surface area contributed by atoms with Gasteiger partial charge in [-0.1, -0.05) is 54.6 Å². The van der Waals surface area contributed by atoms with Gasteiger partial charge in [-0.05, 0) is 23.6 Å². The fourth-order valence-corrected chi connectivity index (χ4v) is 1.52. The fraction of sp³-hybridized carbons (Fsp3) is 0.200. The molecule has 16 heavy (non-hydrogen) atoms. The predicted molar refractivity (Wildman–Crippen MR) is 68.1 cm³/mol. The average Bonchev–Trinajstić information content (AvgIpc) is 2.33. The van der Waals surface area contributed by atoms with Gasteiger partial charge in [-0.3, -0.25) is 0 Å². The Morgan fingerprint density at radius 3 is 2.56 bits per heavy atom. The summed E-state index contributed by atoms with van der Waals surface area (Å²) in [5.41, 5.74) is 3.87. The van der Waals surface area contributed by atoms with Crippen LogP contribution < -0.4 is 0 Å². The third kappa shape index (κ3) is 2.94. The second kappa shape index (κ2) is 5.47. The van der Waals surface area contributed by atoms with E-state index in [1.54, 1.807) is 0 Å². The Bertz CT molecular complexity index is 424. The second-order valence-electron chi connectivity index (χ2n) is 3.87. The lowest BCUT2D eigenvalue weighted by atomic mass is 10.0. The maximum atomic E-state index is 5.53. The van der Waals surface area contributed by atoms with Crippen molar-refractivity contribution in [1.82, 2.24) is 0 Å². The summed E-state index contributed by atoms with van der Waals surface area (Å²) >= 11 is 0. The number of hydrogen-bond acceptors (Lipinski definition) is 1. The topological polar surface area (TPSA) is 9.23 Å². The van der Waals surface area contributed by atoms with Crippen LogP contribution in [0.4, 0.5) is 0 Å². The molecule has 2 rings (SSSR count). The standard InChI is InChI=1S/C15H16O/c1-13-9-10-15(13)12-16-11-5-8-14-6-3-2-4-7-14/h2-10H,11-12H2,1H3/b8-5+. The lowest BCUT2D eigenvalue weighted by molar-refractivity contribution is 0.188. The van der Waals surface area contributed by atoms with Crippen LogP contribution in [-0.4, -0.2) is 13.2 Å². The molecule has 1 heteroatoms. The van der Waals surface area contributed by atoms with Crippen molar-refractivity contribution in [2.24, 2.45) is 0 Å². The van der Waals surface area contributed by atoms with E-state index in [-0.39, 0.29) is 0 Å². The minimum absolute atomic E-state index is 0.666. The number of ether oxygens (including phenoxy) is 1. The van der Waals surface area contributed by atoms with Gasteiger partial charge in [0.25, 0.3) is 0 Å². The lowest BCUT2D eigenvalue weighted by Crippen LogP contribution is -2.02. The van der Waals surface area contributed by atoms with Crippen molar-refractivity contribution in [3.8, 4) is 0 Å². The van der Waals surface area contributed by atoms with Crippen molar-refractivity contribution in [1.29, 1.82) is 0 Å². The predicted octanol–water partition coefficient (Wildman–Crippen LogP) is 3.60. The smallest absolute Gasteiger partial charge is 0.0723 e. The van der Waals surface area contributed by atoms with E-state index in [0.29, 0.717) is 6.61 Å². The van der Waals surface area contributed by atoms with Gasteiger partial charge >= 0.3 is 0 Å². The molecule has 0 bridgehead atoms. The molecule has 0 N–H and O–H groups in total. The molecule has 82 valence electrons. The normalized spacial score (nSPS) is 14.6. The van der Waals surface area contributed by atoms with Crippen molar-refractivity contribution in [2.75, 3.05) is 13.2 Å². The second-order valence-corrected chi connectivity index (χ2v) is 3.87. The number of rotatable bonds is 5. The molecule has 1 aliphatic rings. The molecule has 0 aromatic heterocycles. The van der Waals surface area contributed by atoms with Crippen molar-refractivity contribution >= 4 is 6.08 Å². The molecular formula is C15H16O. The molecule has 0 saturated carbocycles. The molecule has 1 aromatic rings. The Morgan fingerprint density at radius 2 is 1.94 bits per heavy atom. The fourth-order valence-electron chi connectivity index (χ4n) is 1.52. The Balaban J connectivity index is 1.69. The first-order valence-electron chi connectivity index (χ1n) is 5.53. The van der Waals surface area contributed by atoms with Gasteiger partial charge in [0.1, 0.15) is 0 Å². The zero-order chi connectivity index (χ0) is 11.2.